The van der Waals surface area contributed by atoms with Crippen LogP contribution >= 0.6 is 0 Å². The monoisotopic (exact) mass is 193 g/mol. The minimum absolute atomic E-state index is 0.302. The van der Waals surface area contributed by atoms with Gasteiger partial charge in [-0.2, -0.15) is 0 Å². The maximum atomic E-state index is 11.1. The highest BCUT2D eigenvalue weighted by Gasteiger charge is 2.22. The first-order chi connectivity index (χ1) is 5.63. The van der Waals surface area contributed by atoms with E-state index in [1.54, 1.807) is 6.92 Å². The van der Waals surface area contributed by atoms with E-state index in [9.17, 15) is 9.00 Å². The van der Waals surface area contributed by atoms with Crippen LogP contribution in [0.5, 0.6) is 0 Å². The van der Waals surface area contributed by atoms with E-state index < -0.39 is 22.2 Å². The fourth-order valence-corrected chi connectivity index (χ4v) is 1.55. The molecule has 5 heteroatoms. The van der Waals surface area contributed by atoms with Crippen LogP contribution in [0.3, 0.4) is 0 Å². The van der Waals surface area contributed by atoms with E-state index in [4.69, 9.17) is 9.88 Å². The van der Waals surface area contributed by atoms with Gasteiger partial charge in [0.25, 0.3) is 0 Å². The normalized spacial score (nSPS) is 15.2. The zero-order valence-electron chi connectivity index (χ0n) is 7.41. The third kappa shape index (κ3) is 3.82. The van der Waals surface area contributed by atoms with Gasteiger partial charge in [0.1, 0.15) is 16.2 Å². The lowest BCUT2D eigenvalue weighted by molar-refractivity contribution is -0.142. The van der Waals surface area contributed by atoms with Crippen LogP contribution in [-0.4, -0.2) is 22.0 Å². The Kier molecular flexibility index (Phi) is 5.92. The summed E-state index contributed by atoms with van der Waals surface area (Å²) in [4.78, 5) is 11.1. The Morgan fingerprint density at radius 1 is 1.58 bits per heavy atom. The molecule has 72 valence electrons. The highest BCUT2D eigenvalue weighted by Crippen LogP contribution is 2.04. The van der Waals surface area contributed by atoms with E-state index in [-0.39, 0.29) is 0 Å². The van der Waals surface area contributed by atoms with Gasteiger partial charge in [0, 0.05) is 0 Å². The quantitative estimate of drug-likeness (QED) is 0.640. The molecule has 0 bridgehead atoms. The average Bonchev–Trinajstić information content (AvgIpc) is 1.99. The molecule has 0 aliphatic rings. The van der Waals surface area contributed by atoms with Crippen molar-refractivity contribution in [2.75, 3.05) is 6.61 Å². The van der Waals surface area contributed by atoms with Crippen molar-refractivity contribution in [2.24, 2.45) is 5.14 Å². The van der Waals surface area contributed by atoms with Gasteiger partial charge in [-0.1, -0.05) is 13.3 Å². The second-order valence-corrected chi connectivity index (χ2v) is 3.58. The largest absolute Gasteiger partial charge is 0.465 e. The van der Waals surface area contributed by atoms with Crippen LogP contribution in [0.2, 0.25) is 0 Å². The number of hydrogen-bond donors (Lipinski definition) is 1. The number of carbonyl (C=O) groups is 1. The van der Waals surface area contributed by atoms with Gasteiger partial charge in [-0.3, -0.25) is 9.93 Å². The van der Waals surface area contributed by atoms with Crippen molar-refractivity contribution in [2.45, 2.75) is 31.9 Å². The molecule has 0 aromatic carbocycles. The number of ether oxygens (including phenoxy) is 1. The van der Waals surface area contributed by atoms with Crippen molar-refractivity contribution in [3.63, 3.8) is 0 Å². The van der Waals surface area contributed by atoms with Gasteiger partial charge in [-0.15, -0.1) is 0 Å². The Bertz CT molecular complexity index is 172. The minimum atomic E-state index is -1.61. The lowest BCUT2D eigenvalue weighted by Crippen LogP contribution is -2.32. The topological polar surface area (TPSA) is 69.4 Å². The summed E-state index contributed by atoms with van der Waals surface area (Å²) in [5.74, 6) is -0.458. The molecule has 12 heavy (non-hydrogen) atoms. The first-order valence-corrected chi connectivity index (χ1v) is 5.22. The second kappa shape index (κ2) is 6.14. The Labute approximate surface area is 75.1 Å². The third-order valence-corrected chi connectivity index (χ3v) is 2.37. The molecular formula is C7H15NO3S. The van der Waals surface area contributed by atoms with Crippen LogP contribution in [0.4, 0.5) is 0 Å². The summed E-state index contributed by atoms with van der Waals surface area (Å²) in [6.45, 7) is 3.91. The van der Waals surface area contributed by atoms with Gasteiger partial charge in [0.2, 0.25) is 0 Å². The third-order valence-electron chi connectivity index (χ3n) is 1.38. The summed E-state index contributed by atoms with van der Waals surface area (Å²) < 4.78 is 15.5. The van der Waals surface area contributed by atoms with Gasteiger partial charge in [-0.25, -0.2) is 4.21 Å². The molecule has 2 unspecified atom stereocenters. The molecular weight excluding hydrogens is 178 g/mol. The molecule has 0 rings (SSSR count). The van der Waals surface area contributed by atoms with Gasteiger partial charge >= 0.3 is 5.97 Å². The lowest BCUT2D eigenvalue weighted by atomic mass is 10.2. The summed E-state index contributed by atoms with van der Waals surface area (Å²) in [5.41, 5.74) is 0. The van der Waals surface area contributed by atoms with Crippen LogP contribution in [0.1, 0.15) is 26.7 Å². The highest BCUT2D eigenvalue weighted by atomic mass is 32.2. The van der Waals surface area contributed by atoms with Crippen LogP contribution in [0.15, 0.2) is 0 Å². The van der Waals surface area contributed by atoms with Crippen molar-refractivity contribution in [3.8, 4) is 0 Å². The maximum Gasteiger partial charge on any atom is 0.323 e. The Balaban J connectivity index is 4.09. The highest BCUT2D eigenvalue weighted by molar-refractivity contribution is 7.84. The van der Waals surface area contributed by atoms with Crippen molar-refractivity contribution < 1.29 is 13.7 Å². The van der Waals surface area contributed by atoms with Gasteiger partial charge < -0.3 is 4.74 Å². The van der Waals surface area contributed by atoms with E-state index in [1.807, 2.05) is 6.92 Å². The summed E-state index contributed by atoms with van der Waals surface area (Å²) in [6.07, 6.45) is 1.29. The SMILES string of the molecule is CCCC(C(=O)OCC)S(N)=O. The number of esters is 1. The molecule has 2 atom stereocenters. The van der Waals surface area contributed by atoms with E-state index in [0.717, 1.165) is 6.42 Å². The molecule has 4 nitrogen and oxygen atoms in total. The molecule has 0 aromatic heterocycles. The second-order valence-electron chi connectivity index (χ2n) is 2.36. The van der Waals surface area contributed by atoms with Gasteiger partial charge in [0.05, 0.1) is 6.61 Å². The predicted molar refractivity (Wildman–Crippen MR) is 47.7 cm³/mol. The Hall–Kier alpha value is -0.420. The molecule has 0 aromatic rings. The minimum Gasteiger partial charge on any atom is -0.465 e. The van der Waals surface area contributed by atoms with Gasteiger partial charge in [0.15, 0.2) is 0 Å². The standard InChI is InChI=1S/C7H15NO3S/c1-3-5-6(12(8)10)7(9)11-4-2/h6H,3-5,8H2,1-2H3. The van der Waals surface area contributed by atoms with Crippen molar-refractivity contribution in [3.05, 3.63) is 0 Å². The smallest absolute Gasteiger partial charge is 0.323 e. The first-order valence-electron chi connectivity index (χ1n) is 3.95. The number of rotatable bonds is 5. The molecule has 0 saturated carbocycles. The lowest BCUT2D eigenvalue weighted by Gasteiger charge is -2.10. The zero-order valence-corrected chi connectivity index (χ0v) is 8.23. The maximum absolute atomic E-state index is 11.1. The van der Waals surface area contributed by atoms with Crippen molar-refractivity contribution in [1.29, 1.82) is 0 Å². The molecule has 2 N–H and O–H groups in total. The molecule has 0 saturated heterocycles. The molecule has 0 radical (unpaired) electrons. The number of hydrogen-bond acceptors (Lipinski definition) is 3. The van der Waals surface area contributed by atoms with E-state index in [2.05, 4.69) is 0 Å². The molecule has 0 fully saturated rings. The van der Waals surface area contributed by atoms with Crippen LogP contribution in [0.25, 0.3) is 0 Å². The van der Waals surface area contributed by atoms with Crippen LogP contribution < -0.4 is 5.14 Å². The molecule has 0 amide bonds. The molecule has 0 spiro atoms. The van der Waals surface area contributed by atoms with Crippen molar-refractivity contribution >= 4 is 17.0 Å². The predicted octanol–water partition coefficient (Wildman–Crippen LogP) is 0.341. The van der Waals surface area contributed by atoms with Crippen LogP contribution in [-0.2, 0) is 20.5 Å². The van der Waals surface area contributed by atoms with Crippen LogP contribution in [0, 0.1) is 0 Å². The van der Waals surface area contributed by atoms with Gasteiger partial charge in [-0.05, 0) is 13.3 Å². The summed E-state index contributed by atoms with van der Waals surface area (Å²) in [7, 11) is -1.61. The fraction of sp³-hybridized carbons (Fsp3) is 0.857. The summed E-state index contributed by atoms with van der Waals surface area (Å²) in [6, 6.07) is 0. The van der Waals surface area contributed by atoms with Crippen molar-refractivity contribution in [1.82, 2.24) is 0 Å². The van der Waals surface area contributed by atoms with E-state index >= 15 is 0 Å². The van der Waals surface area contributed by atoms with E-state index in [0.29, 0.717) is 13.0 Å². The average molecular weight is 193 g/mol. The fourth-order valence-electron chi connectivity index (χ4n) is 0.826. The first kappa shape index (κ1) is 11.6. The molecule has 0 aliphatic heterocycles. The Morgan fingerprint density at radius 3 is 2.50 bits per heavy atom. The summed E-state index contributed by atoms with van der Waals surface area (Å²) >= 11 is 0. The number of carbonyl (C=O) groups excluding carboxylic acids is 1. The van der Waals surface area contributed by atoms with E-state index in [1.165, 1.54) is 0 Å². The molecule has 0 aliphatic carbocycles. The Morgan fingerprint density at radius 2 is 2.17 bits per heavy atom. The molecule has 0 heterocycles. The number of nitrogens with two attached hydrogens (primary N) is 1. The summed E-state index contributed by atoms with van der Waals surface area (Å²) in [5, 5.41) is 4.47. The zero-order chi connectivity index (χ0) is 9.56.